The molecule has 248 valence electrons. The van der Waals surface area contributed by atoms with Crippen molar-refractivity contribution in [3.63, 3.8) is 0 Å². The highest BCUT2D eigenvalue weighted by Gasteiger charge is 2.34. The summed E-state index contributed by atoms with van der Waals surface area (Å²) < 4.78 is 77.3. The minimum atomic E-state index is -4.48. The van der Waals surface area contributed by atoms with Crippen LogP contribution in [-0.2, 0) is 12.4 Å². The number of alkyl halides is 6. The molecular formula is C32H22BCl3F6N4O2. The molecule has 0 aliphatic rings. The lowest BCUT2D eigenvalue weighted by Gasteiger charge is -2.12. The lowest BCUT2D eigenvalue weighted by Crippen LogP contribution is -2.30. The number of hydrogen-bond donors (Lipinski definition) is 2. The van der Waals surface area contributed by atoms with E-state index >= 15 is 0 Å². The quantitative estimate of drug-likeness (QED) is 0.137. The Balaban J connectivity index is 0.000000175. The van der Waals surface area contributed by atoms with E-state index in [4.69, 9.17) is 44.9 Å². The molecule has 0 atom stereocenters. The molecule has 0 spiro atoms. The van der Waals surface area contributed by atoms with Crippen LogP contribution in [0.4, 0.5) is 26.3 Å². The lowest BCUT2D eigenvalue weighted by molar-refractivity contribution is -0.137. The van der Waals surface area contributed by atoms with Gasteiger partial charge in [-0.15, -0.1) is 0 Å². The molecule has 0 aliphatic heterocycles. The molecule has 0 radical (unpaired) electrons. The van der Waals surface area contributed by atoms with Gasteiger partial charge in [-0.25, -0.2) is 19.9 Å². The van der Waals surface area contributed by atoms with Crippen LogP contribution in [0.25, 0.3) is 33.3 Å². The number of fused-ring (bicyclic) bond motifs is 2. The second-order valence-electron chi connectivity index (χ2n) is 9.97. The summed E-state index contributed by atoms with van der Waals surface area (Å²) in [7, 11) is -1.48. The van der Waals surface area contributed by atoms with E-state index in [1.165, 1.54) is 24.3 Å². The van der Waals surface area contributed by atoms with E-state index in [-0.39, 0.29) is 27.2 Å². The second kappa shape index (κ2) is 15.0. The Labute approximate surface area is 285 Å². The Kier molecular flexibility index (Phi) is 11.5. The van der Waals surface area contributed by atoms with E-state index in [0.29, 0.717) is 38.2 Å². The molecule has 6 nitrogen and oxygen atoms in total. The molecule has 4 aromatic carbocycles. The number of nitrogens with zero attached hydrogens (tertiary/aromatic N) is 4. The van der Waals surface area contributed by atoms with Crippen molar-refractivity contribution in [1.82, 2.24) is 19.9 Å². The average Bonchev–Trinajstić information content (AvgIpc) is 3.01. The summed E-state index contributed by atoms with van der Waals surface area (Å²) in [5.41, 5.74) is 0.589. The summed E-state index contributed by atoms with van der Waals surface area (Å²) in [5, 5.41) is 18.1. The van der Waals surface area contributed by atoms with Crippen molar-refractivity contribution in [2.24, 2.45) is 0 Å². The highest BCUT2D eigenvalue weighted by atomic mass is 35.5. The first-order chi connectivity index (χ1) is 22.5. The molecular weight excluding hydrogens is 704 g/mol. The first kappa shape index (κ1) is 36.8. The number of aromatic nitrogens is 4. The van der Waals surface area contributed by atoms with Gasteiger partial charge in [-0.05, 0) is 50.2 Å². The van der Waals surface area contributed by atoms with Crippen LogP contribution in [0, 0.1) is 13.8 Å². The van der Waals surface area contributed by atoms with Gasteiger partial charge in [0.1, 0.15) is 11.0 Å². The van der Waals surface area contributed by atoms with Crippen molar-refractivity contribution in [2.75, 3.05) is 0 Å². The molecule has 2 aromatic heterocycles. The van der Waals surface area contributed by atoms with Crippen LogP contribution < -0.4 is 5.46 Å². The Morgan fingerprint density at radius 3 is 1.52 bits per heavy atom. The van der Waals surface area contributed by atoms with Gasteiger partial charge in [-0.1, -0.05) is 83.3 Å². The van der Waals surface area contributed by atoms with Crippen LogP contribution in [-0.4, -0.2) is 37.1 Å². The number of para-hydroxylation sites is 2. The zero-order valence-corrected chi connectivity index (χ0v) is 27.0. The standard InChI is InChI=1S/C16H10ClF3N2.C10H6ClF3N2.C6H6BClO2/c1-9-14(10-5-2-3-7-12(10)17)22-15-11(16(18,19)20)6-4-8-13(15)21-9;1-5-9(11)16-8-6(10(12,13)14)3-2-4-7(8)15-5;8-6-4-2-1-3-5(6)7(9)10/h2-8H,1H3;2-4H,1H3;1-4,9-10H. The summed E-state index contributed by atoms with van der Waals surface area (Å²) in [6, 6.07) is 21.0. The fourth-order valence-electron chi connectivity index (χ4n) is 4.36. The normalized spacial score (nSPS) is 11.4. The third-order valence-electron chi connectivity index (χ3n) is 6.60. The molecule has 0 bridgehead atoms. The molecule has 16 heteroatoms. The van der Waals surface area contributed by atoms with Crippen LogP contribution in [0.15, 0.2) is 84.9 Å². The van der Waals surface area contributed by atoms with E-state index in [2.05, 4.69) is 19.9 Å². The van der Waals surface area contributed by atoms with Crippen molar-refractivity contribution in [2.45, 2.75) is 26.2 Å². The third kappa shape index (κ3) is 8.71. The number of aryl methyl sites for hydroxylation is 2. The van der Waals surface area contributed by atoms with Gasteiger partial charge in [-0.3, -0.25) is 0 Å². The maximum Gasteiger partial charge on any atom is 0.489 e. The monoisotopic (exact) mass is 724 g/mol. The molecule has 0 amide bonds. The minimum Gasteiger partial charge on any atom is -0.423 e. The number of rotatable bonds is 2. The molecule has 0 unspecified atom stereocenters. The molecule has 0 saturated heterocycles. The fraction of sp³-hybridized carbons (Fsp3) is 0.125. The third-order valence-corrected chi connectivity index (χ3v) is 7.64. The Morgan fingerprint density at radius 1 is 0.562 bits per heavy atom. The van der Waals surface area contributed by atoms with Gasteiger partial charge < -0.3 is 10.0 Å². The van der Waals surface area contributed by atoms with Gasteiger partial charge in [0, 0.05) is 16.0 Å². The van der Waals surface area contributed by atoms with Crippen LogP contribution in [0.3, 0.4) is 0 Å². The number of halogens is 9. The SMILES string of the molecule is Cc1nc2cccc(C(F)(F)F)c2nc1-c1ccccc1Cl.Cc1nc2cccc(C(F)(F)F)c2nc1Cl.OB(O)c1ccccc1Cl. The van der Waals surface area contributed by atoms with E-state index in [1.807, 2.05) is 0 Å². The Bertz CT molecular complexity index is 2080. The van der Waals surface area contributed by atoms with Crippen molar-refractivity contribution < 1.29 is 36.4 Å². The Morgan fingerprint density at radius 2 is 1.04 bits per heavy atom. The van der Waals surface area contributed by atoms with Gasteiger partial charge >= 0.3 is 19.5 Å². The predicted octanol–water partition coefficient (Wildman–Crippen LogP) is 8.91. The van der Waals surface area contributed by atoms with Crippen LogP contribution >= 0.6 is 34.8 Å². The minimum absolute atomic E-state index is 0.01000. The molecule has 6 rings (SSSR count). The average molecular weight is 726 g/mol. The second-order valence-corrected chi connectivity index (χ2v) is 11.1. The summed E-state index contributed by atoms with van der Waals surface area (Å²) in [6.07, 6.45) is -8.94. The Hall–Kier alpha value is -4.01. The molecule has 0 fully saturated rings. The largest absolute Gasteiger partial charge is 0.489 e. The molecule has 0 aliphatic carbocycles. The van der Waals surface area contributed by atoms with Crippen molar-refractivity contribution in [1.29, 1.82) is 0 Å². The van der Waals surface area contributed by atoms with Crippen molar-refractivity contribution in [3.05, 3.63) is 123 Å². The number of hydrogen-bond acceptors (Lipinski definition) is 6. The van der Waals surface area contributed by atoms with Crippen LogP contribution in [0.5, 0.6) is 0 Å². The van der Waals surface area contributed by atoms with Gasteiger partial charge in [0.15, 0.2) is 5.15 Å². The summed E-state index contributed by atoms with van der Waals surface area (Å²) in [6.45, 7) is 3.29. The maximum absolute atomic E-state index is 13.1. The zero-order valence-electron chi connectivity index (χ0n) is 24.7. The first-order valence-corrected chi connectivity index (χ1v) is 14.8. The van der Waals surface area contributed by atoms with Gasteiger partial charge in [0.2, 0.25) is 0 Å². The van der Waals surface area contributed by atoms with E-state index in [0.717, 1.165) is 12.1 Å². The summed E-state index contributed by atoms with van der Waals surface area (Å²) in [5.74, 6) is 0. The predicted molar refractivity (Wildman–Crippen MR) is 175 cm³/mol. The highest BCUT2D eigenvalue weighted by Crippen LogP contribution is 2.36. The number of benzene rings is 4. The smallest absolute Gasteiger partial charge is 0.423 e. The summed E-state index contributed by atoms with van der Waals surface area (Å²) in [4.78, 5) is 16.1. The van der Waals surface area contributed by atoms with Crippen molar-refractivity contribution in [3.8, 4) is 11.3 Å². The van der Waals surface area contributed by atoms with E-state index < -0.39 is 30.6 Å². The first-order valence-electron chi connectivity index (χ1n) is 13.7. The molecule has 6 aromatic rings. The maximum atomic E-state index is 13.1. The van der Waals surface area contributed by atoms with E-state index in [9.17, 15) is 26.3 Å². The van der Waals surface area contributed by atoms with Gasteiger partial charge in [0.05, 0.1) is 44.3 Å². The molecule has 2 heterocycles. The molecule has 48 heavy (non-hydrogen) atoms. The zero-order chi connectivity index (χ0) is 35.4. The van der Waals surface area contributed by atoms with Gasteiger partial charge in [0.25, 0.3) is 0 Å². The lowest BCUT2D eigenvalue weighted by atomic mass is 9.80. The van der Waals surface area contributed by atoms with Crippen LogP contribution in [0.1, 0.15) is 22.5 Å². The fourth-order valence-corrected chi connectivity index (χ4v) is 4.95. The van der Waals surface area contributed by atoms with Gasteiger partial charge in [-0.2, -0.15) is 26.3 Å². The summed E-state index contributed by atoms with van der Waals surface area (Å²) >= 11 is 17.4. The molecule has 0 saturated carbocycles. The highest BCUT2D eigenvalue weighted by molar-refractivity contribution is 6.62. The van der Waals surface area contributed by atoms with Crippen molar-refractivity contribution >= 4 is 69.5 Å². The van der Waals surface area contributed by atoms with E-state index in [1.54, 1.807) is 62.4 Å². The topological polar surface area (TPSA) is 92.0 Å². The molecule has 2 N–H and O–H groups in total. The van der Waals surface area contributed by atoms with Crippen LogP contribution in [0.2, 0.25) is 15.2 Å².